The van der Waals surface area contributed by atoms with Gasteiger partial charge in [0.1, 0.15) is 5.75 Å². The van der Waals surface area contributed by atoms with E-state index in [1.54, 1.807) is 29.5 Å². The molecule has 2 aromatic heterocycles. The Hall–Kier alpha value is -2.11. The van der Waals surface area contributed by atoms with Crippen molar-refractivity contribution in [1.82, 2.24) is 0 Å². The van der Waals surface area contributed by atoms with Crippen molar-refractivity contribution in [1.29, 1.82) is 0 Å². The first-order valence-corrected chi connectivity index (χ1v) is 7.71. The molecular weight excluding hydrogens is 290 g/mol. The van der Waals surface area contributed by atoms with E-state index in [-0.39, 0.29) is 11.7 Å². The minimum atomic E-state index is -0.165. The van der Waals surface area contributed by atoms with Gasteiger partial charge in [-0.05, 0) is 41.1 Å². The van der Waals surface area contributed by atoms with E-state index < -0.39 is 0 Å². The van der Waals surface area contributed by atoms with Gasteiger partial charge in [0.2, 0.25) is 0 Å². The fourth-order valence-electron chi connectivity index (χ4n) is 1.80. The minimum Gasteiger partial charge on any atom is -0.508 e. The zero-order valence-corrected chi connectivity index (χ0v) is 12.0. The van der Waals surface area contributed by atoms with Crippen LogP contribution in [-0.2, 0) is 0 Å². The van der Waals surface area contributed by atoms with Gasteiger partial charge in [-0.1, -0.05) is 6.07 Å². The first kappa shape index (κ1) is 12.9. The Kier molecular flexibility index (Phi) is 3.54. The number of benzene rings is 1. The lowest BCUT2D eigenvalue weighted by molar-refractivity contribution is 0.103. The van der Waals surface area contributed by atoms with Gasteiger partial charge in [0.05, 0.1) is 4.88 Å². The lowest BCUT2D eigenvalue weighted by Gasteiger charge is -2.03. The topological polar surface area (TPSA) is 49.3 Å². The summed E-state index contributed by atoms with van der Waals surface area (Å²) in [5.41, 5.74) is 1.72. The molecule has 0 radical (unpaired) electrons. The molecule has 2 N–H and O–H groups in total. The first-order valence-electron chi connectivity index (χ1n) is 5.95. The third kappa shape index (κ3) is 2.74. The monoisotopic (exact) mass is 301 g/mol. The Morgan fingerprint density at radius 3 is 2.80 bits per heavy atom. The van der Waals surface area contributed by atoms with Crippen LogP contribution in [0.25, 0.3) is 10.4 Å². The summed E-state index contributed by atoms with van der Waals surface area (Å²) in [5.74, 6) is -0.0324. The number of hydrogen-bond acceptors (Lipinski definition) is 4. The maximum Gasteiger partial charge on any atom is 0.265 e. The zero-order valence-electron chi connectivity index (χ0n) is 10.4. The van der Waals surface area contributed by atoms with Gasteiger partial charge in [-0.3, -0.25) is 4.79 Å². The lowest BCUT2D eigenvalue weighted by Crippen LogP contribution is -2.09. The van der Waals surface area contributed by atoms with Crippen LogP contribution in [-0.4, -0.2) is 11.0 Å². The van der Waals surface area contributed by atoms with Crippen molar-refractivity contribution in [3.05, 3.63) is 58.1 Å². The highest BCUT2D eigenvalue weighted by molar-refractivity contribution is 7.18. The van der Waals surface area contributed by atoms with Gasteiger partial charge in [-0.25, -0.2) is 0 Å². The zero-order chi connectivity index (χ0) is 13.9. The van der Waals surface area contributed by atoms with Crippen LogP contribution < -0.4 is 5.32 Å². The number of aromatic hydroxyl groups is 1. The number of phenols is 1. The molecule has 0 aliphatic carbocycles. The maximum absolute atomic E-state index is 12.1. The Labute approximate surface area is 124 Å². The summed E-state index contributed by atoms with van der Waals surface area (Å²) in [6.45, 7) is 0. The third-order valence-corrected chi connectivity index (χ3v) is 4.56. The number of hydrogen-bond donors (Lipinski definition) is 2. The highest BCUT2D eigenvalue weighted by atomic mass is 32.1. The summed E-state index contributed by atoms with van der Waals surface area (Å²) < 4.78 is 0. The second-order valence-corrected chi connectivity index (χ2v) is 6.04. The Bertz CT molecular complexity index is 732. The van der Waals surface area contributed by atoms with E-state index in [1.807, 2.05) is 23.6 Å². The number of nitrogens with one attached hydrogen (secondary N) is 1. The number of amides is 1. The summed E-state index contributed by atoms with van der Waals surface area (Å²) in [7, 11) is 0. The number of rotatable bonds is 3. The summed E-state index contributed by atoms with van der Waals surface area (Å²) in [4.78, 5) is 13.9. The van der Waals surface area contributed by atoms with Gasteiger partial charge in [0.15, 0.2) is 0 Å². The minimum absolute atomic E-state index is 0.132. The molecule has 3 nitrogen and oxygen atoms in total. The van der Waals surface area contributed by atoms with Gasteiger partial charge in [-0.2, -0.15) is 11.3 Å². The van der Waals surface area contributed by atoms with Crippen LogP contribution in [0.15, 0.2) is 53.2 Å². The van der Waals surface area contributed by atoms with Gasteiger partial charge >= 0.3 is 0 Å². The molecule has 0 saturated carbocycles. The molecule has 0 atom stereocenters. The van der Waals surface area contributed by atoms with Crippen LogP contribution in [0.3, 0.4) is 0 Å². The van der Waals surface area contributed by atoms with Crippen LogP contribution in [0.1, 0.15) is 9.67 Å². The van der Waals surface area contributed by atoms with E-state index in [2.05, 4.69) is 10.7 Å². The van der Waals surface area contributed by atoms with E-state index in [1.165, 1.54) is 17.4 Å². The van der Waals surface area contributed by atoms with Crippen molar-refractivity contribution in [2.45, 2.75) is 0 Å². The molecule has 0 aliphatic heterocycles. The number of carbonyl (C=O) groups excluding carboxylic acids is 1. The average Bonchev–Trinajstić information content (AvgIpc) is 3.10. The molecule has 3 aromatic rings. The average molecular weight is 301 g/mol. The van der Waals surface area contributed by atoms with Gasteiger partial charge in [0.25, 0.3) is 5.91 Å². The second-order valence-electron chi connectivity index (χ2n) is 4.18. The van der Waals surface area contributed by atoms with Crippen LogP contribution in [0.5, 0.6) is 5.75 Å². The molecular formula is C15H11NO2S2. The predicted molar refractivity (Wildman–Crippen MR) is 83.7 cm³/mol. The van der Waals surface area contributed by atoms with Gasteiger partial charge < -0.3 is 10.4 Å². The fourth-order valence-corrected chi connectivity index (χ4v) is 3.42. The van der Waals surface area contributed by atoms with Crippen LogP contribution in [0.4, 0.5) is 5.69 Å². The largest absolute Gasteiger partial charge is 0.508 e. The van der Waals surface area contributed by atoms with Crippen molar-refractivity contribution < 1.29 is 9.90 Å². The van der Waals surface area contributed by atoms with Crippen LogP contribution in [0.2, 0.25) is 0 Å². The number of carbonyl (C=O) groups is 1. The van der Waals surface area contributed by atoms with Crippen molar-refractivity contribution in [3.63, 3.8) is 0 Å². The van der Waals surface area contributed by atoms with Crippen LogP contribution in [0, 0.1) is 0 Å². The van der Waals surface area contributed by atoms with Crippen LogP contribution >= 0.6 is 22.7 Å². The normalized spacial score (nSPS) is 10.4. The first-order chi connectivity index (χ1) is 9.72. The smallest absolute Gasteiger partial charge is 0.265 e. The molecule has 0 aliphatic rings. The second kappa shape index (κ2) is 5.48. The molecule has 5 heteroatoms. The quantitative estimate of drug-likeness (QED) is 0.751. The molecule has 0 spiro atoms. The molecule has 0 saturated heterocycles. The molecule has 1 aromatic carbocycles. The Morgan fingerprint density at radius 2 is 2.05 bits per heavy atom. The highest BCUT2D eigenvalue weighted by Gasteiger charge is 2.11. The highest BCUT2D eigenvalue weighted by Crippen LogP contribution is 2.30. The Balaban J connectivity index is 1.78. The van der Waals surface area contributed by atoms with E-state index in [0.29, 0.717) is 10.6 Å². The van der Waals surface area contributed by atoms with Crippen molar-refractivity contribution >= 4 is 34.3 Å². The van der Waals surface area contributed by atoms with Gasteiger partial charge in [-0.15, -0.1) is 11.3 Å². The summed E-state index contributed by atoms with van der Waals surface area (Å²) in [5, 5.41) is 16.2. The molecule has 0 bridgehead atoms. The number of phenolic OH excluding ortho intramolecular Hbond substituents is 1. The molecule has 0 unspecified atom stereocenters. The summed E-state index contributed by atoms with van der Waals surface area (Å²) in [6, 6.07) is 12.3. The molecule has 1 amide bonds. The van der Waals surface area contributed by atoms with E-state index in [9.17, 15) is 9.90 Å². The summed E-state index contributed by atoms with van der Waals surface area (Å²) >= 11 is 3.09. The fraction of sp³-hybridized carbons (Fsp3) is 0. The molecule has 100 valence electrons. The predicted octanol–water partition coefficient (Wildman–Crippen LogP) is 4.43. The molecule has 3 rings (SSSR count). The standard InChI is InChI=1S/C15H11NO2S2/c17-12-3-1-2-11(8-12)16-15(18)14-5-4-13(20-14)10-6-7-19-9-10/h1-9,17H,(H,16,18). The Morgan fingerprint density at radius 1 is 1.15 bits per heavy atom. The van der Waals surface area contributed by atoms with Crippen molar-refractivity contribution in [2.24, 2.45) is 0 Å². The van der Waals surface area contributed by atoms with E-state index in [0.717, 1.165) is 10.4 Å². The number of thiophene rings is 2. The van der Waals surface area contributed by atoms with E-state index >= 15 is 0 Å². The van der Waals surface area contributed by atoms with Crippen molar-refractivity contribution in [2.75, 3.05) is 5.32 Å². The SMILES string of the molecule is O=C(Nc1cccc(O)c1)c1ccc(-c2ccsc2)s1. The van der Waals surface area contributed by atoms with E-state index in [4.69, 9.17) is 0 Å². The molecule has 20 heavy (non-hydrogen) atoms. The molecule has 2 heterocycles. The number of anilines is 1. The lowest BCUT2D eigenvalue weighted by atomic mass is 10.3. The third-order valence-electron chi connectivity index (χ3n) is 2.74. The van der Waals surface area contributed by atoms with Crippen molar-refractivity contribution in [3.8, 4) is 16.2 Å². The summed E-state index contributed by atoms with van der Waals surface area (Å²) in [6.07, 6.45) is 0. The molecule has 0 fully saturated rings. The van der Waals surface area contributed by atoms with Gasteiger partial charge in [0, 0.05) is 22.2 Å². The maximum atomic E-state index is 12.1.